The third-order valence-electron chi connectivity index (χ3n) is 3.24. The van der Waals surface area contributed by atoms with Gasteiger partial charge in [-0.1, -0.05) is 0 Å². The van der Waals surface area contributed by atoms with Gasteiger partial charge < -0.3 is 4.90 Å². The van der Waals surface area contributed by atoms with E-state index in [0.29, 0.717) is 13.1 Å². The Morgan fingerprint density at radius 1 is 1.33 bits per heavy atom. The summed E-state index contributed by atoms with van der Waals surface area (Å²) < 4.78 is 27.1. The molecule has 0 saturated carbocycles. The molecule has 0 N–H and O–H groups in total. The quantitative estimate of drug-likeness (QED) is 0.783. The number of hydrogen-bond donors (Lipinski definition) is 0. The lowest BCUT2D eigenvalue weighted by atomic mass is 10.2. The number of aryl methyl sites for hydroxylation is 1. The molecule has 7 heteroatoms. The van der Waals surface area contributed by atoms with Crippen molar-refractivity contribution in [3.05, 3.63) is 17.0 Å². The molecule has 0 fully saturated rings. The van der Waals surface area contributed by atoms with Gasteiger partial charge in [-0.2, -0.15) is 9.40 Å². The Morgan fingerprint density at radius 3 is 2.56 bits per heavy atom. The van der Waals surface area contributed by atoms with Gasteiger partial charge in [0.1, 0.15) is 0 Å². The second-order valence-electron chi connectivity index (χ2n) is 4.90. The Labute approximate surface area is 108 Å². The normalized spacial score (nSPS) is 16.5. The van der Waals surface area contributed by atoms with Gasteiger partial charge in [0, 0.05) is 25.7 Å². The van der Waals surface area contributed by atoms with Gasteiger partial charge in [-0.05, 0) is 21.0 Å². The molecule has 1 aliphatic rings. The maximum absolute atomic E-state index is 11.9. The van der Waals surface area contributed by atoms with Gasteiger partial charge in [0.25, 0.3) is 0 Å². The lowest BCUT2D eigenvalue weighted by Gasteiger charge is -2.15. The smallest absolute Gasteiger partial charge is 0.214 e. The lowest BCUT2D eigenvalue weighted by molar-refractivity contribution is 0.384. The molecule has 0 radical (unpaired) electrons. The first-order valence-electron chi connectivity index (χ1n) is 6.01. The fourth-order valence-corrected chi connectivity index (χ4v) is 3.26. The molecule has 1 aromatic rings. The SMILES string of the molecule is CCS(=O)(=O)N1Cc2c(CN(C)C)nn(C)c2C1. The second kappa shape index (κ2) is 4.64. The van der Waals surface area contributed by atoms with Gasteiger partial charge in [0.15, 0.2) is 0 Å². The van der Waals surface area contributed by atoms with Crippen LogP contribution in [0.25, 0.3) is 0 Å². The van der Waals surface area contributed by atoms with Gasteiger partial charge in [0.05, 0.1) is 23.7 Å². The molecular formula is C11H20N4O2S. The van der Waals surface area contributed by atoms with Crippen LogP contribution in [-0.2, 0) is 36.7 Å². The van der Waals surface area contributed by atoms with E-state index in [2.05, 4.69) is 5.10 Å². The van der Waals surface area contributed by atoms with E-state index < -0.39 is 10.0 Å². The van der Waals surface area contributed by atoms with E-state index in [9.17, 15) is 8.42 Å². The predicted molar refractivity (Wildman–Crippen MR) is 69.3 cm³/mol. The molecule has 0 amide bonds. The zero-order valence-corrected chi connectivity index (χ0v) is 12.2. The lowest BCUT2D eigenvalue weighted by Crippen LogP contribution is -2.28. The van der Waals surface area contributed by atoms with Gasteiger partial charge >= 0.3 is 0 Å². The first-order chi connectivity index (χ1) is 8.35. The number of aromatic nitrogens is 2. The molecule has 0 atom stereocenters. The highest BCUT2D eigenvalue weighted by Crippen LogP contribution is 2.28. The molecule has 2 rings (SSSR count). The molecule has 1 aliphatic heterocycles. The zero-order chi connectivity index (χ0) is 13.5. The summed E-state index contributed by atoms with van der Waals surface area (Å²) in [5.74, 6) is 0.150. The Balaban J connectivity index is 2.30. The van der Waals surface area contributed by atoms with E-state index in [4.69, 9.17) is 0 Å². The Bertz CT molecular complexity index is 548. The molecule has 0 aromatic carbocycles. The molecule has 2 heterocycles. The molecule has 0 bridgehead atoms. The van der Waals surface area contributed by atoms with E-state index >= 15 is 0 Å². The minimum atomic E-state index is -3.12. The van der Waals surface area contributed by atoms with Crippen LogP contribution in [0.15, 0.2) is 0 Å². The van der Waals surface area contributed by atoms with E-state index in [1.54, 1.807) is 15.9 Å². The Morgan fingerprint density at radius 2 is 2.00 bits per heavy atom. The van der Waals surface area contributed by atoms with Crippen LogP contribution in [0.5, 0.6) is 0 Å². The van der Waals surface area contributed by atoms with Crippen LogP contribution in [-0.4, -0.2) is 47.3 Å². The van der Waals surface area contributed by atoms with Crippen molar-refractivity contribution in [3.63, 3.8) is 0 Å². The largest absolute Gasteiger partial charge is 0.303 e. The van der Waals surface area contributed by atoms with Crippen LogP contribution in [0, 0.1) is 0 Å². The van der Waals surface area contributed by atoms with Crippen LogP contribution >= 0.6 is 0 Å². The molecule has 102 valence electrons. The van der Waals surface area contributed by atoms with Gasteiger partial charge in [-0.3, -0.25) is 4.68 Å². The van der Waals surface area contributed by atoms with Crippen molar-refractivity contribution in [2.75, 3.05) is 19.8 Å². The van der Waals surface area contributed by atoms with Gasteiger partial charge in [0.2, 0.25) is 10.0 Å². The summed E-state index contributed by atoms with van der Waals surface area (Å²) in [4.78, 5) is 2.04. The molecular weight excluding hydrogens is 252 g/mol. The molecule has 1 aromatic heterocycles. The first-order valence-corrected chi connectivity index (χ1v) is 7.62. The zero-order valence-electron chi connectivity index (χ0n) is 11.3. The average Bonchev–Trinajstić information content (AvgIpc) is 2.81. The highest BCUT2D eigenvalue weighted by atomic mass is 32.2. The van der Waals surface area contributed by atoms with Crippen molar-refractivity contribution in [1.29, 1.82) is 0 Å². The van der Waals surface area contributed by atoms with Crippen molar-refractivity contribution in [2.45, 2.75) is 26.6 Å². The van der Waals surface area contributed by atoms with Gasteiger partial charge in [-0.15, -0.1) is 0 Å². The van der Waals surface area contributed by atoms with Crippen molar-refractivity contribution in [1.82, 2.24) is 19.0 Å². The third-order valence-corrected chi connectivity index (χ3v) is 5.02. The predicted octanol–water partition coefficient (Wildman–Crippen LogP) is 0.147. The van der Waals surface area contributed by atoms with E-state index in [1.165, 1.54) is 0 Å². The fraction of sp³-hybridized carbons (Fsp3) is 0.727. The van der Waals surface area contributed by atoms with Crippen LogP contribution < -0.4 is 0 Å². The number of fused-ring (bicyclic) bond motifs is 1. The monoisotopic (exact) mass is 272 g/mol. The fourth-order valence-electron chi connectivity index (χ4n) is 2.25. The van der Waals surface area contributed by atoms with Crippen LogP contribution in [0.2, 0.25) is 0 Å². The molecule has 0 unspecified atom stereocenters. The topological polar surface area (TPSA) is 58.4 Å². The molecule has 0 aliphatic carbocycles. The summed E-state index contributed by atoms with van der Waals surface area (Å²) in [6.45, 7) is 3.32. The minimum Gasteiger partial charge on any atom is -0.303 e. The maximum atomic E-state index is 11.9. The van der Waals surface area contributed by atoms with Crippen LogP contribution in [0.1, 0.15) is 23.9 Å². The number of rotatable bonds is 4. The molecule has 0 saturated heterocycles. The van der Waals surface area contributed by atoms with E-state index in [-0.39, 0.29) is 5.75 Å². The van der Waals surface area contributed by atoms with E-state index in [0.717, 1.165) is 23.5 Å². The first kappa shape index (κ1) is 13.5. The van der Waals surface area contributed by atoms with Crippen molar-refractivity contribution >= 4 is 10.0 Å². The summed E-state index contributed by atoms with van der Waals surface area (Å²) in [6.07, 6.45) is 0. The summed E-state index contributed by atoms with van der Waals surface area (Å²) in [5, 5.41) is 4.47. The molecule has 0 spiro atoms. The maximum Gasteiger partial charge on any atom is 0.214 e. The average molecular weight is 272 g/mol. The number of sulfonamides is 1. The standard InChI is InChI=1S/C11H20N4O2S/c1-5-18(16,17)15-6-9-10(7-13(2)3)12-14(4)11(9)8-15/h5-8H2,1-4H3. The molecule has 6 nitrogen and oxygen atoms in total. The van der Waals surface area contributed by atoms with Crippen molar-refractivity contribution < 1.29 is 8.42 Å². The summed E-state index contributed by atoms with van der Waals surface area (Å²) in [5.41, 5.74) is 3.07. The number of nitrogens with zero attached hydrogens (tertiary/aromatic N) is 4. The molecule has 18 heavy (non-hydrogen) atoms. The van der Waals surface area contributed by atoms with E-state index in [1.807, 2.05) is 26.0 Å². The van der Waals surface area contributed by atoms with Crippen molar-refractivity contribution in [3.8, 4) is 0 Å². The van der Waals surface area contributed by atoms with Crippen molar-refractivity contribution in [2.24, 2.45) is 7.05 Å². The third kappa shape index (κ3) is 2.30. The Hall–Kier alpha value is -0.920. The summed E-state index contributed by atoms with van der Waals surface area (Å²) in [7, 11) is 2.72. The summed E-state index contributed by atoms with van der Waals surface area (Å²) in [6, 6.07) is 0. The highest BCUT2D eigenvalue weighted by molar-refractivity contribution is 7.89. The highest BCUT2D eigenvalue weighted by Gasteiger charge is 2.32. The number of hydrogen-bond acceptors (Lipinski definition) is 4. The van der Waals surface area contributed by atoms with Crippen LogP contribution in [0.3, 0.4) is 0 Å². The Kier molecular flexibility index (Phi) is 3.48. The van der Waals surface area contributed by atoms with Gasteiger partial charge in [-0.25, -0.2) is 8.42 Å². The second-order valence-corrected chi connectivity index (χ2v) is 7.16. The summed E-state index contributed by atoms with van der Waals surface area (Å²) >= 11 is 0. The van der Waals surface area contributed by atoms with Crippen LogP contribution in [0.4, 0.5) is 0 Å². The minimum absolute atomic E-state index is 0.150.